The van der Waals surface area contributed by atoms with Crippen molar-refractivity contribution in [3.05, 3.63) is 94.0 Å². The molecule has 0 unspecified atom stereocenters. The molecule has 30 heavy (non-hydrogen) atoms. The van der Waals surface area contributed by atoms with Crippen LogP contribution in [-0.4, -0.2) is 22.8 Å². The van der Waals surface area contributed by atoms with Gasteiger partial charge in [0, 0.05) is 11.1 Å². The molecule has 2 N–H and O–H groups in total. The Kier molecular flexibility index (Phi) is 6.82. The number of H-pyrrole nitrogens is 1. The Morgan fingerprint density at radius 3 is 2.80 bits per heavy atom. The molecule has 1 aromatic heterocycles. The minimum atomic E-state index is -0.584. The van der Waals surface area contributed by atoms with Gasteiger partial charge in [0.1, 0.15) is 17.4 Å². The lowest BCUT2D eigenvalue weighted by atomic mass is 10.1. The third kappa shape index (κ3) is 5.04. The summed E-state index contributed by atoms with van der Waals surface area (Å²) in [6.45, 7) is 4.02. The molecule has 8 heteroatoms. The lowest BCUT2D eigenvalue weighted by Crippen LogP contribution is -2.16. The maximum atomic E-state index is 14.1. The van der Waals surface area contributed by atoms with Crippen molar-refractivity contribution in [3.63, 3.8) is 0 Å². The number of benzene rings is 2. The van der Waals surface area contributed by atoms with E-state index in [1.807, 2.05) is 12.1 Å². The predicted octanol–water partition coefficient (Wildman–Crippen LogP) is 3.60. The summed E-state index contributed by atoms with van der Waals surface area (Å²) in [5.41, 5.74) is 3.73. The first-order valence-electron chi connectivity index (χ1n) is 8.98. The number of anilines is 1. The van der Waals surface area contributed by atoms with Crippen LogP contribution in [0.25, 0.3) is 11.3 Å². The number of ether oxygens (including phenoxy) is 1. The van der Waals surface area contributed by atoms with Crippen molar-refractivity contribution in [3.8, 4) is 17.3 Å². The molecule has 2 aromatic carbocycles. The van der Waals surface area contributed by atoms with Crippen LogP contribution in [0, 0.1) is 17.1 Å². The predicted molar refractivity (Wildman–Crippen MR) is 112 cm³/mol. The highest BCUT2D eigenvalue weighted by Gasteiger charge is 2.12. The zero-order chi connectivity index (χ0) is 21.3. The molecule has 0 aliphatic heterocycles. The van der Waals surface area contributed by atoms with E-state index < -0.39 is 11.4 Å². The molecule has 0 saturated heterocycles. The quantitative estimate of drug-likeness (QED) is 0.259. The fourth-order valence-corrected chi connectivity index (χ4v) is 2.62. The van der Waals surface area contributed by atoms with Crippen LogP contribution in [0.1, 0.15) is 16.7 Å². The summed E-state index contributed by atoms with van der Waals surface area (Å²) in [7, 11) is 0. The Balaban J connectivity index is 1.77. The van der Waals surface area contributed by atoms with Gasteiger partial charge in [-0.1, -0.05) is 48.5 Å². The average molecular weight is 403 g/mol. The van der Waals surface area contributed by atoms with Gasteiger partial charge in [-0.2, -0.15) is 10.4 Å². The Morgan fingerprint density at radius 2 is 2.10 bits per heavy atom. The average Bonchev–Trinajstić information content (AvgIpc) is 2.75. The van der Waals surface area contributed by atoms with Crippen LogP contribution < -0.4 is 11.0 Å². The van der Waals surface area contributed by atoms with Gasteiger partial charge in [0.2, 0.25) is 5.95 Å². The van der Waals surface area contributed by atoms with E-state index in [9.17, 15) is 14.4 Å². The van der Waals surface area contributed by atoms with Gasteiger partial charge in [0.15, 0.2) is 0 Å². The van der Waals surface area contributed by atoms with Crippen LogP contribution in [0.5, 0.6) is 0 Å². The Morgan fingerprint density at radius 1 is 1.30 bits per heavy atom. The SMILES string of the molecule is C=CCOCc1ccc(C=NNc2nc(-c3ccccc3)c(C#N)c(=O)[nH]2)cc1F. The summed E-state index contributed by atoms with van der Waals surface area (Å²) in [4.78, 5) is 18.9. The second-order valence-electron chi connectivity index (χ2n) is 6.14. The summed E-state index contributed by atoms with van der Waals surface area (Å²) in [6.07, 6.45) is 2.98. The molecule has 0 bridgehead atoms. The number of nitrogens with one attached hydrogen (secondary N) is 2. The molecule has 3 aromatic rings. The van der Waals surface area contributed by atoms with E-state index in [0.717, 1.165) is 0 Å². The number of rotatable bonds is 8. The van der Waals surface area contributed by atoms with Crippen molar-refractivity contribution in [2.24, 2.45) is 5.10 Å². The number of hydrazone groups is 1. The third-order valence-corrected chi connectivity index (χ3v) is 4.03. The van der Waals surface area contributed by atoms with Crippen LogP contribution in [0.3, 0.4) is 0 Å². The smallest absolute Gasteiger partial charge is 0.270 e. The van der Waals surface area contributed by atoms with Gasteiger partial charge in [-0.15, -0.1) is 6.58 Å². The lowest BCUT2D eigenvalue weighted by molar-refractivity contribution is 0.146. The fourth-order valence-electron chi connectivity index (χ4n) is 2.62. The van der Waals surface area contributed by atoms with E-state index in [4.69, 9.17) is 4.74 Å². The Bertz CT molecular complexity index is 1170. The first-order valence-corrected chi connectivity index (χ1v) is 8.98. The summed E-state index contributed by atoms with van der Waals surface area (Å²) in [5.74, 6) is -0.358. The maximum Gasteiger partial charge on any atom is 0.270 e. The molecule has 3 rings (SSSR count). The number of hydrogen-bond donors (Lipinski definition) is 2. The Hall–Kier alpha value is -4.09. The molecule has 1 heterocycles. The number of aromatic amines is 1. The van der Waals surface area contributed by atoms with Gasteiger partial charge in [-0.05, 0) is 11.6 Å². The first-order chi connectivity index (χ1) is 14.6. The van der Waals surface area contributed by atoms with E-state index in [-0.39, 0.29) is 23.8 Å². The number of halogens is 1. The van der Waals surface area contributed by atoms with Crippen LogP contribution in [0.2, 0.25) is 0 Å². The molecule has 0 aliphatic rings. The van der Waals surface area contributed by atoms with E-state index in [2.05, 4.69) is 27.1 Å². The normalized spacial score (nSPS) is 10.7. The molecular formula is C22H18FN5O2. The molecule has 0 spiro atoms. The summed E-state index contributed by atoms with van der Waals surface area (Å²) in [6, 6.07) is 15.4. The minimum Gasteiger partial charge on any atom is -0.373 e. The standard InChI is InChI=1S/C22H18FN5O2/c1-2-10-30-14-17-9-8-15(11-19(17)23)13-25-28-22-26-20(16-6-4-3-5-7-16)18(12-24)21(29)27-22/h2-9,11,13H,1,10,14H2,(H2,26,27,28,29). The fraction of sp³-hybridized carbons (Fsp3) is 0.0909. The number of hydrogen-bond acceptors (Lipinski definition) is 6. The highest BCUT2D eigenvalue weighted by molar-refractivity contribution is 5.80. The third-order valence-electron chi connectivity index (χ3n) is 4.03. The number of nitrogens with zero attached hydrogens (tertiary/aromatic N) is 3. The van der Waals surface area contributed by atoms with Crippen molar-refractivity contribution in [2.75, 3.05) is 12.0 Å². The molecule has 7 nitrogen and oxygen atoms in total. The van der Waals surface area contributed by atoms with E-state index >= 15 is 0 Å². The summed E-state index contributed by atoms with van der Waals surface area (Å²) in [5, 5.41) is 13.3. The van der Waals surface area contributed by atoms with Crippen molar-refractivity contribution in [1.82, 2.24) is 9.97 Å². The first kappa shape index (κ1) is 20.6. The molecule has 0 fully saturated rings. The monoisotopic (exact) mass is 403 g/mol. The second kappa shape index (κ2) is 9.91. The zero-order valence-corrected chi connectivity index (χ0v) is 15.9. The number of nitriles is 1. The zero-order valence-electron chi connectivity index (χ0n) is 15.9. The second-order valence-corrected chi connectivity index (χ2v) is 6.14. The van der Waals surface area contributed by atoms with E-state index in [1.54, 1.807) is 42.5 Å². The summed E-state index contributed by atoms with van der Waals surface area (Å²) >= 11 is 0. The van der Waals surface area contributed by atoms with Crippen molar-refractivity contribution in [1.29, 1.82) is 5.26 Å². The Labute approximate surface area is 172 Å². The lowest BCUT2D eigenvalue weighted by Gasteiger charge is -2.06. The van der Waals surface area contributed by atoms with E-state index in [1.165, 1.54) is 12.3 Å². The van der Waals surface area contributed by atoms with Crippen molar-refractivity contribution < 1.29 is 9.13 Å². The molecule has 0 amide bonds. The minimum absolute atomic E-state index is 0.0593. The van der Waals surface area contributed by atoms with Gasteiger partial charge in [-0.3, -0.25) is 9.78 Å². The molecule has 0 atom stereocenters. The van der Waals surface area contributed by atoms with Gasteiger partial charge in [0.05, 0.1) is 25.1 Å². The van der Waals surface area contributed by atoms with Crippen molar-refractivity contribution >= 4 is 12.2 Å². The molecule has 0 saturated carbocycles. The van der Waals surface area contributed by atoms with E-state index in [0.29, 0.717) is 23.3 Å². The highest BCUT2D eigenvalue weighted by atomic mass is 19.1. The van der Waals surface area contributed by atoms with Gasteiger partial charge < -0.3 is 4.74 Å². The topological polar surface area (TPSA) is 103 Å². The van der Waals surface area contributed by atoms with Crippen LogP contribution >= 0.6 is 0 Å². The maximum absolute atomic E-state index is 14.1. The number of aromatic nitrogens is 2. The van der Waals surface area contributed by atoms with Gasteiger partial charge >= 0.3 is 0 Å². The molecule has 0 radical (unpaired) electrons. The molecular weight excluding hydrogens is 385 g/mol. The van der Waals surface area contributed by atoms with Crippen LogP contribution in [-0.2, 0) is 11.3 Å². The molecule has 0 aliphatic carbocycles. The van der Waals surface area contributed by atoms with Gasteiger partial charge in [-0.25, -0.2) is 14.8 Å². The largest absolute Gasteiger partial charge is 0.373 e. The highest BCUT2D eigenvalue weighted by Crippen LogP contribution is 2.19. The van der Waals surface area contributed by atoms with Crippen molar-refractivity contribution in [2.45, 2.75) is 6.61 Å². The van der Waals surface area contributed by atoms with Gasteiger partial charge in [0.25, 0.3) is 5.56 Å². The molecule has 150 valence electrons. The van der Waals surface area contributed by atoms with Crippen LogP contribution in [0.15, 0.2) is 71.1 Å². The van der Waals surface area contributed by atoms with Crippen LogP contribution in [0.4, 0.5) is 10.3 Å². The summed E-state index contributed by atoms with van der Waals surface area (Å²) < 4.78 is 19.4.